The van der Waals surface area contributed by atoms with Crippen LogP contribution in [-0.4, -0.2) is 43.6 Å². The van der Waals surface area contributed by atoms with Gasteiger partial charge in [-0.15, -0.1) is 35.3 Å². The van der Waals surface area contributed by atoms with Gasteiger partial charge in [-0.3, -0.25) is 9.98 Å². The van der Waals surface area contributed by atoms with Crippen molar-refractivity contribution in [1.29, 1.82) is 0 Å². The van der Waals surface area contributed by atoms with Gasteiger partial charge in [-0.05, 0) is 30.5 Å². The van der Waals surface area contributed by atoms with Crippen LogP contribution in [0.2, 0.25) is 0 Å². The van der Waals surface area contributed by atoms with Crippen LogP contribution in [-0.2, 0) is 13.0 Å². The molecule has 0 saturated heterocycles. The molecular weight excluding hydrogens is 435 g/mol. The molecule has 0 aliphatic rings. The van der Waals surface area contributed by atoms with Crippen LogP contribution >= 0.6 is 35.3 Å². The molecule has 0 saturated carbocycles. The van der Waals surface area contributed by atoms with Gasteiger partial charge in [0, 0.05) is 45.5 Å². The Morgan fingerprint density at radius 1 is 1.33 bits per heavy atom. The number of pyridine rings is 1. The maximum atomic E-state index is 4.55. The van der Waals surface area contributed by atoms with Crippen LogP contribution in [0.25, 0.3) is 0 Å². The number of rotatable bonds is 6. The molecule has 2 heterocycles. The molecule has 0 fully saturated rings. The minimum absolute atomic E-state index is 0. The van der Waals surface area contributed by atoms with Crippen LogP contribution in [0.5, 0.6) is 0 Å². The van der Waals surface area contributed by atoms with Gasteiger partial charge in [-0.25, -0.2) is 4.98 Å². The highest BCUT2D eigenvalue weighted by atomic mass is 127. The second-order valence-corrected chi connectivity index (χ2v) is 6.26. The third-order valence-corrected chi connectivity index (χ3v) is 4.46. The van der Waals surface area contributed by atoms with Gasteiger partial charge in [-0.2, -0.15) is 0 Å². The number of anilines is 1. The normalized spacial score (nSPS) is 10.9. The van der Waals surface area contributed by atoms with Crippen LogP contribution in [0.4, 0.5) is 5.13 Å². The van der Waals surface area contributed by atoms with Gasteiger partial charge < -0.3 is 15.5 Å². The van der Waals surface area contributed by atoms with E-state index in [9.17, 15) is 0 Å². The Morgan fingerprint density at radius 2 is 2.12 bits per heavy atom. The molecule has 0 unspecified atom stereocenters. The van der Waals surface area contributed by atoms with E-state index in [1.54, 1.807) is 18.4 Å². The fraction of sp³-hybridized carbons (Fsp3) is 0.438. The van der Waals surface area contributed by atoms with Gasteiger partial charge >= 0.3 is 0 Å². The van der Waals surface area contributed by atoms with Crippen molar-refractivity contribution < 1.29 is 0 Å². The zero-order valence-electron chi connectivity index (χ0n) is 14.5. The lowest BCUT2D eigenvalue weighted by Crippen LogP contribution is -2.38. The molecule has 0 amide bonds. The Balaban J connectivity index is 0.00000288. The maximum absolute atomic E-state index is 4.55. The largest absolute Gasteiger partial charge is 0.356 e. The van der Waals surface area contributed by atoms with E-state index in [0.29, 0.717) is 6.54 Å². The Labute approximate surface area is 164 Å². The molecule has 2 rings (SSSR count). The van der Waals surface area contributed by atoms with Crippen LogP contribution in [0.3, 0.4) is 0 Å². The number of halogens is 1. The quantitative estimate of drug-likeness (QED) is 0.394. The van der Waals surface area contributed by atoms with Crippen LogP contribution < -0.4 is 15.5 Å². The van der Waals surface area contributed by atoms with Crippen molar-refractivity contribution in [2.24, 2.45) is 4.99 Å². The highest BCUT2D eigenvalue weighted by molar-refractivity contribution is 14.0. The Kier molecular flexibility index (Phi) is 8.98. The molecule has 0 aliphatic heterocycles. The minimum atomic E-state index is 0. The average Bonchev–Trinajstić information content (AvgIpc) is 3.01. The van der Waals surface area contributed by atoms with Crippen molar-refractivity contribution >= 4 is 46.4 Å². The lowest BCUT2D eigenvalue weighted by atomic mass is 10.1. The van der Waals surface area contributed by atoms with Gasteiger partial charge in [0.05, 0.1) is 12.2 Å². The zero-order valence-corrected chi connectivity index (χ0v) is 17.7. The topological polar surface area (TPSA) is 65.4 Å². The highest BCUT2D eigenvalue weighted by Crippen LogP contribution is 2.17. The van der Waals surface area contributed by atoms with E-state index in [2.05, 4.69) is 44.0 Å². The number of hydrogen-bond donors (Lipinski definition) is 2. The summed E-state index contributed by atoms with van der Waals surface area (Å²) in [7, 11) is 5.77. The van der Waals surface area contributed by atoms with Crippen molar-refractivity contribution in [2.45, 2.75) is 19.9 Å². The molecule has 0 atom stereocenters. The lowest BCUT2D eigenvalue weighted by Gasteiger charge is -2.12. The molecule has 24 heavy (non-hydrogen) atoms. The molecule has 0 radical (unpaired) electrons. The number of thiazole rings is 1. The number of nitrogens with one attached hydrogen (secondary N) is 2. The van der Waals surface area contributed by atoms with Crippen molar-refractivity contribution in [3.05, 3.63) is 40.7 Å². The fourth-order valence-corrected chi connectivity index (χ4v) is 2.83. The van der Waals surface area contributed by atoms with Crippen LogP contribution in [0.15, 0.2) is 28.8 Å². The number of aromatic nitrogens is 2. The number of nitrogens with zero attached hydrogens (tertiary/aromatic N) is 4. The number of aliphatic imine (C=N–C) groups is 1. The summed E-state index contributed by atoms with van der Waals surface area (Å²) in [6.45, 7) is 3.57. The maximum Gasteiger partial charge on any atom is 0.191 e. The smallest absolute Gasteiger partial charge is 0.191 e. The number of aryl methyl sites for hydroxylation is 1. The number of guanidine groups is 1. The summed E-state index contributed by atoms with van der Waals surface area (Å²) < 4.78 is 0. The first-order valence-corrected chi connectivity index (χ1v) is 8.44. The Hall–Kier alpha value is -1.42. The molecule has 8 heteroatoms. The second-order valence-electron chi connectivity index (χ2n) is 5.42. The zero-order chi connectivity index (χ0) is 16.7. The van der Waals surface area contributed by atoms with Crippen molar-refractivity contribution in [2.75, 3.05) is 32.6 Å². The molecule has 0 spiro atoms. The number of hydrogen-bond acceptors (Lipinski definition) is 5. The summed E-state index contributed by atoms with van der Waals surface area (Å²) in [5, 5.41) is 9.70. The summed E-state index contributed by atoms with van der Waals surface area (Å²) in [5.41, 5.74) is 3.54. The van der Waals surface area contributed by atoms with E-state index < -0.39 is 0 Å². The third kappa shape index (κ3) is 6.23. The van der Waals surface area contributed by atoms with E-state index >= 15 is 0 Å². The first-order valence-electron chi connectivity index (χ1n) is 7.56. The minimum Gasteiger partial charge on any atom is -0.356 e. The van der Waals surface area contributed by atoms with E-state index in [-0.39, 0.29) is 24.0 Å². The summed E-state index contributed by atoms with van der Waals surface area (Å²) in [4.78, 5) is 14.9. The highest BCUT2D eigenvalue weighted by Gasteiger charge is 2.05. The molecule has 132 valence electrons. The Morgan fingerprint density at radius 3 is 2.75 bits per heavy atom. The summed E-state index contributed by atoms with van der Waals surface area (Å²) in [6.07, 6.45) is 4.67. The molecule has 2 aromatic rings. The van der Waals surface area contributed by atoms with Crippen LogP contribution in [0, 0.1) is 6.92 Å². The summed E-state index contributed by atoms with van der Waals surface area (Å²) >= 11 is 1.64. The van der Waals surface area contributed by atoms with Crippen molar-refractivity contribution in [3.63, 3.8) is 0 Å². The van der Waals surface area contributed by atoms with Gasteiger partial charge in [0.25, 0.3) is 0 Å². The molecule has 6 nitrogen and oxygen atoms in total. The van der Waals surface area contributed by atoms with Crippen LogP contribution in [0.1, 0.15) is 16.8 Å². The Bertz CT molecular complexity index is 656. The molecule has 0 aromatic carbocycles. The first kappa shape index (κ1) is 20.6. The molecule has 2 aromatic heterocycles. The standard InChI is InChI=1S/C16H24N6S.HI/c1-12-9-18-7-5-13(12)6-8-19-15(17-2)20-10-14-11-23-16(21-14)22(3)4;/h5,7,9,11H,6,8,10H2,1-4H3,(H2,17,19,20);1H. The average molecular weight is 460 g/mol. The molecule has 2 N–H and O–H groups in total. The van der Waals surface area contributed by atoms with Gasteiger partial charge in [0.1, 0.15) is 0 Å². The predicted molar refractivity (Wildman–Crippen MR) is 113 cm³/mol. The first-order chi connectivity index (χ1) is 11.1. The van der Waals surface area contributed by atoms with Gasteiger partial charge in [-0.1, -0.05) is 0 Å². The van der Waals surface area contributed by atoms with Gasteiger partial charge in [0.15, 0.2) is 11.1 Å². The van der Waals surface area contributed by atoms with Gasteiger partial charge in [0.2, 0.25) is 0 Å². The SMILES string of the molecule is CN=C(NCCc1ccncc1C)NCc1csc(N(C)C)n1.I. The summed E-state index contributed by atoms with van der Waals surface area (Å²) in [6, 6.07) is 2.06. The molecule has 0 bridgehead atoms. The predicted octanol–water partition coefficient (Wildman–Crippen LogP) is 2.44. The van der Waals surface area contributed by atoms with E-state index in [1.165, 1.54) is 11.1 Å². The van der Waals surface area contributed by atoms with E-state index in [4.69, 9.17) is 0 Å². The third-order valence-electron chi connectivity index (χ3n) is 3.41. The second kappa shape index (κ2) is 10.4. The van der Waals surface area contributed by atoms with E-state index in [0.717, 1.165) is 29.8 Å². The van der Waals surface area contributed by atoms with Crippen molar-refractivity contribution in [3.8, 4) is 0 Å². The molecular formula is C16H25IN6S. The van der Waals surface area contributed by atoms with E-state index in [1.807, 2.05) is 31.4 Å². The lowest BCUT2D eigenvalue weighted by molar-refractivity contribution is 0.783. The van der Waals surface area contributed by atoms with Crippen molar-refractivity contribution in [1.82, 2.24) is 20.6 Å². The fourth-order valence-electron chi connectivity index (χ4n) is 2.08. The monoisotopic (exact) mass is 460 g/mol. The molecule has 0 aliphatic carbocycles. The summed E-state index contributed by atoms with van der Waals surface area (Å²) in [5.74, 6) is 0.788.